The molecule has 2 heterocycles. The van der Waals surface area contributed by atoms with Gasteiger partial charge in [-0.1, -0.05) is 72.8 Å². The van der Waals surface area contributed by atoms with Crippen LogP contribution < -0.4 is 0 Å². The minimum Gasteiger partial charge on any atom is -0.270 e. The molecule has 0 radical (unpaired) electrons. The molecule has 2 atom stereocenters. The minimum absolute atomic E-state index is 0.0198. The Kier molecular flexibility index (Phi) is 4.65. The predicted molar refractivity (Wildman–Crippen MR) is 129 cm³/mol. The molecule has 4 aromatic rings. The first-order valence-electron chi connectivity index (χ1n) is 11.3. The van der Waals surface area contributed by atoms with E-state index in [9.17, 15) is 9.59 Å². The van der Waals surface area contributed by atoms with E-state index >= 15 is 0 Å². The highest BCUT2D eigenvalue weighted by Gasteiger charge is 2.42. The van der Waals surface area contributed by atoms with Gasteiger partial charge in [0.25, 0.3) is 11.8 Å². The van der Waals surface area contributed by atoms with Crippen molar-refractivity contribution in [1.82, 2.24) is 9.88 Å². The van der Waals surface area contributed by atoms with Gasteiger partial charge >= 0.3 is 0 Å². The molecule has 33 heavy (non-hydrogen) atoms. The third kappa shape index (κ3) is 3.35. The van der Waals surface area contributed by atoms with Crippen LogP contribution in [0.4, 0.5) is 0 Å². The fourth-order valence-corrected chi connectivity index (χ4v) is 5.06. The van der Waals surface area contributed by atoms with Crippen molar-refractivity contribution >= 4 is 28.8 Å². The van der Waals surface area contributed by atoms with Crippen LogP contribution in [0.5, 0.6) is 0 Å². The van der Waals surface area contributed by atoms with Gasteiger partial charge < -0.3 is 0 Å². The highest BCUT2D eigenvalue weighted by atomic mass is 16.2. The van der Waals surface area contributed by atoms with Crippen LogP contribution in [0.2, 0.25) is 0 Å². The zero-order valence-electron chi connectivity index (χ0n) is 18.0. The molecule has 0 saturated carbocycles. The third-order valence-corrected chi connectivity index (χ3v) is 6.73. The Bertz CT molecular complexity index is 1390. The summed E-state index contributed by atoms with van der Waals surface area (Å²) in [5.74, 6) is -0.432. The second-order valence-corrected chi connectivity index (χ2v) is 8.73. The number of amides is 2. The highest BCUT2D eigenvalue weighted by molar-refractivity contribution is 6.21. The summed E-state index contributed by atoms with van der Waals surface area (Å²) in [6, 6.07) is 27.2. The Morgan fingerprint density at radius 1 is 0.848 bits per heavy atom. The average Bonchev–Trinajstić information content (AvgIpc) is 3.11. The van der Waals surface area contributed by atoms with Crippen LogP contribution in [0, 0.1) is 5.92 Å². The molecule has 0 saturated heterocycles. The number of pyridine rings is 1. The van der Waals surface area contributed by atoms with Crippen LogP contribution in [0.25, 0.3) is 17.0 Å². The Morgan fingerprint density at radius 2 is 1.52 bits per heavy atom. The molecule has 0 unspecified atom stereocenters. The first-order valence-corrected chi connectivity index (χ1v) is 11.3. The van der Waals surface area contributed by atoms with Crippen LogP contribution >= 0.6 is 0 Å². The van der Waals surface area contributed by atoms with Gasteiger partial charge in [0, 0.05) is 17.0 Å². The predicted octanol–water partition coefficient (Wildman–Crippen LogP) is 5.33. The van der Waals surface area contributed by atoms with E-state index in [0.29, 0.717) is 24.0 Å². The van der Waals surface area contributed by atoms with Crippen LogP contribution in [-0.2, 0) is 12.8 Å². The number of hydrogen-bond acceptors (Lipinski definition) is 3. The molecule has 0 bridgehead atoms. The maximum absolute atomic E-state index is 13.4. The summed E-state index contributed by atoms with van der Waals surface area (Å²) in [5, 5.41) is 1.11. The molecule has 1 aliphatic heterocycles. The molecule has 160 valence electrons. The van der Waals surface area contributed by atoms with Gasteiger partial charge in [-0.15, -0.1) is 0 Å². The van der Waals surface area contributed by atoms with Crippen molar-refractivity contribution in [2.24, 2.45) is 5.92 Å². The van der Waals surface area contributed by atoms with Gasteiger partial charge in [-0.25, -0.2) is 0 Å². The summed E-state index contributed by atoms with van der Waals surface area (Å²) in [7, 11) is 0. The molecule has 3 aromatic carbocycles. The third-order valence-electron chi connectivity index (χ3n) is 6.73. The van der Waals surface area contributed by atoms with Gasteiger partial charge in [0.05, 0.1) is 22.7 Å². The normalized spacial score (nSPS) is 17.8. The molecule has 0 fully saturated rings. The second-order valence-electron chi connectivity index (χ2n) is 8.73. The monoisotopic (exact) mass is 430 g/mol. The van der Waals surface area contributed by atoms with E-state index in [0.717, 1.165) is 27.7 Å². The number of imide groups is 1. The van der Waals surface area contributed by atoms with Gasteiger partial charge in [-0.05, 0) is 48.2 Å². The number of aromatic nitrogens is 1. The van der Waals surface area contributed by atoms with Crippen LogP contribution in [-0.4, -0.2) is 27.7 Å². The lowest BCUT2D eigenvalue weighted by molar-refractivity contribution is 0.0545. The number of carbonyl (C=O) groups is 2. The largest absolute Gasteiger partial charge is 0.270 e. The summed E-state index contributed by atoms with van der Waals surface area (Å²) in [4.78, 5) is 33.1. The Hall–Kier alpha value is -4.05. The maximum Gasteiger partial charge on any atom is 0.261 e. The first-order chi connectivity index (χ1) is 16.2. The molecule has 4 heteroatoms. The number of para-hydroxylation sites is 1. The smallest absolute Gasteiger partial charge is 0.261 e. The van der Waals surface area contributed by atoms with Crippen molar-refractivity contribution in [2.75, 3.05) is 0 Å². The van der Waals surface area contributed by atoms with Crippen LogP contribution in [0.1, 0.15) is 37.5 Å². The van der Waals surface area contributed by atoms with Crippen molar-refractivity contribution in [3.8, 4) is 0 Å². The van der Waals surface area contributed by atoms with E-state index in [1.54, 1.807) is 12.1 Å². The van der Waals surface area contributed by atoms with Crippen molar-refractivity contribution < 1.29 is 9.59 Å². The fourth-order valence-electron chi connectivity index (χ4n) is 5.06. The zero-order valence-corrected chi connectivity index (χ0v) is 18.0. The maximum atomic E-state index is 13.4. The van der Waals surface area contributed by atoms with Gasteiger partial charge in [0.1, 0.15) is 0 Å². The van der Waals surface area contributed by atoms with Gasteiger partial charge in [-0.2, -0.15) is 0 Å². The van der Waals surface area contributed by atoms with Crippen molar-refractivity contribution in [3.63, 3.8) is 0 Å². The minimum atomic E-state index is -0.294. The summed E-state index contributed by atoms with van der Waals surface area (Å²) in [5.41, 5.74) is 5.16. The molecule has 2 aliphatic rings. The second kappa shape index (κ2) is 7.82. The van der Waals surface area contributed by atoms with Crippen LogP contribution in [0.3, 0.4) is 0 Å². The van der Waals surface area contributed by atoms with Crippen molar-refractivity contribution in [1.29, 1.82) is 0 Å². The lowest BCUT2D eigenvalue weighted by atomic mass is 9.83. The van der Waals surface area contributed by atoms with Gasteiger partial charge in [0.2, 0.25) is 0 Å². The number of rotatable bonds is 4. The number of fused-ring (bicyclic) bond motifs is 3. The SMILES string of the molecule is O=C1c2ccccc2C(=O)N1[C@@H](Cc1ccccc1)[C@@H]1C=Cc2cc3ccccc3nc2C1. The Balaban J connectivity index is 1.40. The number of carbonyl (C=O) groups excluding carboxylic acids is 2. The standard InChI is InChI=1S/C29H22N2O2/c32-28-23-11-5-6-12-24(23)29(33)31(28)27(16-19-8-2-1-3-9-19)22-15-14-21-17-20-10-4-7-13-25(20)30-26(21)18-22/h1-15,17,22,27H,16,18H2/t22-,27+/m1/s1. The quantitative estimate of drug-likeness (QED) is 0.411. The number of nitrogens with zero attached hydrogens (tertiary/aromatic N) is 2. The van der Waals surface area contributed by atoms with E-state index in [1.165, 1.54) is 4.90 Å². The van der Waals surface area contributed by atoms with E-state index in [2.05, 4.69) is 36.4 Å². The van der Waals surface area contributed by atoms with E-state index in [4.69, 9.17) is 4.98 Å². The molecule has 1 aliphatic carbocycles. The van der Waals surface area contributed by atoms with E-state index in [1.807, 2.05) is 48.5 Å². The Morgan fingerprint density at radius 3 is 2.27 bits per heavy atom. The van der Waals surface area contributed by atoms with Gasteiger partial charge in [0.15, 0.2) is 0 Å². The van der Waals surface area contributed by atoms with Crippen molar-refractivity contribution in [2.45, 2.75) is 18.9 Å². The van der Waals surface area contributed by atoms with Crippen molar-refractivity contribution in [3.05, 3.63) is 119 Å². The lowest BCUT2D eigenvalue weighted by Crippen LogP contribution is -2.46. The topological polar surface area (TPSA) is 50.3 Å². The fraction of sp³-hybridized carbons (Fsp3) is 0.138. The molecular formula is C29H22N2O2. The molecule has 0 N–H and O–H groups in total. The number of hydrogen-bond donors (Lipinski definition) is 0. The summed E-state index contributed by atoms with van der Waals surface area (Å²) in [6.45, 7) is 0. The molecule has 4 nitrogen and oxygen atoms in total. The summed E-state index contributed by atoms with van der Waals surface area (Å²) in [6.07, 6.45) is 5.53. The molecular weight excluding hydrogens is 408 g/mol. The highest BCUT2D eigenvalue weighted by Crippen LogP contribution is 2.34. The molecule has 6 rings (SSSR count). The number of benzene rings is 3. The molecule has 2 amide bonds. The molecule has 0 spiro atoms. The zero-order chi connectivity index (χ0) is 22.4. The van der Waals surface area contributed by atoms with E-state index in [-0.39, 0.29) is 23.8 Å². The Labute approximate surface area is 192 Å². The van der Waals surface area contributed by atoms with Crippen LogP contribution in [0.15, 0.2) is 91.0 Å². The summed E-state index contributed by atoms with van der Waals surface area (Å²) < 4.78 is 0. The summed E-state index contributed by atoms with van der Waals surface area (Å²) >= 11 is 0. The van der Waals surface area contributed by atoms with Gasteiger partial charge in [-0.3, -0.25) is 19.5 Å². The molecule has 1 aromatic heterocycles. The lowest BCUT2D eigenvalue weighted by Gasteiger charge is -2.33. The average molecular weight is 431 g/mol. The van der Waals surface area contributed by atoms with E-state index < -0.39 is 0 Å². The first kappa shape index (κ1) is 19.6.